The average molecular weight is 368 g/mol. The number of nitrogens with zero attached hydrogens (tertiary/aromatic N) is 2. The SMILES string of the molecule is CC(C)(C)OC(=O)N1CCC(CCC(C(=O)O)N2CCCCC2=O)CC1. The number of carbonyl (C=O) groups is 3. The Morgan fingerprint density at radius 2 is 1.85 bits per heavy atom. The van der Waals surface area contributed by atoms with Gasteiger partial charge in [-0.1, -0.05) is 0 Å². The smallest absolute Gasteiger partial charge is 0.410 e. The fourth-order valence-electron chi connectivity index (χ4n) is 3.69. The van der Waals surface area contributed by atoms with Crippen LogP contribution in [0.2, 0.25) is 0 Å². The van der Waals surface area contributed by atoms with E-state index >= 15 is 0 Å². The Hall–Kier alpha value is -1.79. The maximum atomic E-state index is 12.1. The van der Waals surface area contributed by atoms with E-state index in [4.69, 9.17) is 4.74 Å². The lowest BCUT2D eigenvalue weighted by Gasteiger charge is -2.35. The maximum Gasteiger partial charge on any atom is 0.410 e. The van der Waals surface area contributed by atoms with Crippen molar-refractivity contribution >= 4 is 18.0 Å². The van der Waals surface area contributed by atoms with Crippen molar-refractivity contribution in [2.45, 2.75) is 77.4 Å². The first-order valence-corrected chi connectivity index (χ1v) is 9.67. The van der Waals surface area contributed by atoms with Gasteiger partial charge in [0.15, 0.2) is 0 Å². The molecule has 0 aliphatic carbocycles. The summed E-state index contributed by atoms with van der Waals surface area (Å²) in [6.45, 7) is 7.38. The maximum absolute atomic E-state index is 12.1. The van der Waals surface area contributed by atoms with Crippen molar-refractivity contribution < 1.29 is 24.2 Å². The van der Waals surface area contributed by atoms with E-state index in [1.54, 1.807) is 9.80 Å². The Labute approximate surface area is 155 Å². The van der Waals surface area contributed by atoms with Gasteiger partial charge in [0.05, 0.1) is 0 Å². The minimum absolute atomic E-state index is 0.0385. The number of carboxylic acid groups (broad SMARTS) is 1. The van der Waals surface area contributed by atoms with E-state index in [9.17, 15) is 19.5 Å². The van der Waals surface area contributed by atoms with E-state index in [-0.39, 0.29) is 12.0 Å². The van der Waals surface area contributed by atoms with Gasteiger partial charge in [-0.05, 0) is 65.2 Å². The second kappa shape index (κ2) is 8.73. The zero-order valence-corrected chi connectivity index (χ0v) is 16.2. The lowest BCUT2D eigenvalue weighted by atomic mass is 9.90. The summed E-state index contributed by atoms with van der Waals surface area (Å²) >= 11 is 0. The van der Waals surface area contributed by atoms with Gasteiger partial charge in [0.25, 0.3) is 0 Å². The van der Waals surface area contributed by atoms with Gasteiger partial charge in [-0.2, -0.15) is 0 Å². The number of carbonyl (C=O) groups excluding carboxylic acids is 2. The van der Waals surface area contributed by atoms with Crippen LogP contribution in [-0.2, 0) is 14.3 Å². The number of amides is 2. The van der Waals surface area contributed by atoms with Crippen LogP contribution in [0, 0.1) is 5.92 Å². The molecule has 2 saturated heterocycles. The Bertz CT molecular complexity index is 521. The van der Waals surface area contributed by atoms with Gasteiger partial charge >= 0.3 is 12.1 Å². The summed E-state index contributed by atoms with van der Waals surface area (Å²) in [6, 6.07) is -0.716. The van der Waals surface area contributed by atoms with E-state index in [0.29, 0.717) is 38.4 Å². The standard InChI is InChI=1S/C19H32N2O5/c1-19(2,3)26-18(25)20-12-9-14(10-13-20)7-8-15(17(23)24)21-11-5-4-6-16(21)22/h14-15H,4-13H2,1-3H3,(H,23,24). The molecule has 26 heavy (non-hydrogen) atoms. The molecule has 2 fully saturated rings. The summed E-state index contributed by atoms with van der Waals surface area (Å²) in [5, 5.41) is 9.53. The lowest BCUT2D eigenvalue weighted by Crippen LogP contribution is -2.47. The van der Waals surface area contributed by atoms with Crippen LogP contribution in [0.25, 0.3) is 0 Å². The molecule has 2 amide bonds. The normalized spacial score (nSPS) is 20.8. The highest BCUT2D eigenvalue weighted by Crippen LogP contribution is 2.26. The molecule has 7 nitrogen and oxygen atoms in total. The molecule has 1 N–H and O–H groups in total. The highest BCUT2D eigenvalue weighted by molar-refractivity contribution is 5.84. The van der Waals surface area contributed by atoms with Crippen LogP contribution in [0.5, 0.6) is 0 Å². The molecule has 2 aliphatic rings. The Morgan fingerprint density at radius 1 is 1.19 bits per heavy atom. The third kappa shape index (κ3) is 5.88. The molecule has 0 aromatic heterocycles. The van der Waals surface area contributed by atoms with Crippen LogP contribution < -0.4 is 0 Å². The lowest BCUT2D eigenvalue weighted by molar-refractivity contribution is -0.152. The van der Waals surface area contributed by atoms with E-state index < -0.39 is 17.6 Å². The average Bonchev–Trinajstić information content (AvgIpc) is 2.55. The first kappa shape index (κ1) is 20.5. The van der Waals surface area contributed by atoms with Crippen molar-refractivity contribution in [3.63, 3.8) is 0 Å². The summed E-state index contributed by atoms with van der Waals surface area (Å²) in [5.74, 6) is -0.565. The molecule has 0 bridgehead atoms. The zero-order valence-electron chi connectivity index (χ0n) is 16.2. The largest absolute Gasteiger partial charge is 0.480 e. The van der Waals surface area contributed by atoms with Crippen molar-refractivity contribution in [3.05, 3.63) is 0 Å². The Balaban J connectivity index is 1.80. The molecule has 2 heterocycles. The summed E-state index contributed by atoms with van der Waals surface area (Å²) in [4.78, 5) is 39.0. The number of hydrogen-bond donors (Lipinski definition) is 1. The fourth-order valence-corrected chi connectivity index (χ4v) is 3.69. The number of rotatable bonds is 5. The number of carboxylic acids is 1. The third-order valence-corrected chi connectivity index (χ3v) is 5.14. The monoisotopic (exact) mass is 368 g/mol. The van der Waals surface area contributed by atoms with Crippen LogP contribution in [0.1, 0.15) is 65.7 Å². The summed E-state index contributed by atoms with van der Waals surface area (Å²) in [5.41, 5.74) is -0.496. The summed E-state index contributed by atoms with van der Waals surface area (Å²) in [6.07, 6.45) is 4.85. The molecule has 0 radical (unpaired) electrons. The first-order valence-electron chi connectivity index (χ1n) is 9.67. The van der Waals surface area contributed by atoms with Crippen LogP contribution in [0.3, 0.4) is 0 Å². The van der Waals surface area contributed by atoms with Crippen molar-refractivity contribution in [1.29, 1.82) is 0 Å². The molecule has 7 heteroatoms. The van der Waals surface area contributed by atoms with Gasteiger partial charge in [0.2, 0.25) is 5.91 Å². The van der Waals surface area contributed by atoms with Gasteiger partial charge in [-0.25, -0.2) is 9.59 Å². The number of ether oxygens (including phenoxy) is 1. The topological polar surface area (TPSA) is 87.2 Å². The molecule has 2 aliphatic heterocycles. The van der Waals surface area contributed by atoms with Crippen molar-refractivity contribution in [3.8, 4) is 0 Å². The first-order chi connectivity index (χ1) is 12.2. The van der Waals surface area contributed by atoms with Gasteiger partial charge in [-0.15, -0.1) is 0 Å². The van der Waals surface area contributed by atoms with Gasteiger partial charge in [0, 0.05) is 26.1 Å². The molecule has 1 unspecified atom stereocenters. The van der Waals surface area contributed by atoms with Gasteiger partial charge in [-0.3, -0.25) is 4.79 Å². The van der Waals surface area contributed by atoms with Crippen molar-refractivity contribution in [2.24, 2.45) is 5.92 Å². The molecule has 1 atom stereocenters. The van der Waals surface area contributed by atoms with E-state index in [1.807, 2.05) is 20.8 Å². The molecule has 0 aromatic rings. The Kier molecular flexibility index (Phi) is 6.89. The predicted molar refractivity (Wildman–Crippen MR) is 96.8 cm³/mol. The van der Waals surface area contributed by atoms with Gasteiger partial charge < -0.3 is 19.6 Å². The number of likely N-dealkylation sites (tertiary alicyclic amines) is 2. The van der Waals surface area contributed by atoms with Crippen molar-refractivity contribution in [1.82, 2.24) is 9.80 Å². The second-order valence-electron chi connectivity index (χ2n) is 8.39. The molecule has 0 spiro atoms. The molecule has 0 saturated carbocycles. The molecule has 148 valence electrons. The number of aliphatic carboxylic acids is 1. The van der Waals surface area contributed by atoms with Crippen LogP contribution in [0.4, 0.5) is 4.79 Å². The quantitative estimate of drug-likeness (QED) is 0.806. The van der Waals surface area contributed by atoms with E-state index in [1.165, 1.54) is 0 Å². The van der Waals surface area contributed by atoms with Gasteiger partial charge in [0.1, 0.15) is 11.6 Å². The fraction of sp³-hybridized carbons (Fsp3) is 0.842. The minimum atomic E-state index is -0.911. The number of piperidine rings is 2. The highest BCUT2D eigenvalue weighted by Gasteiger charge is 2.32. The number of hydrogen-bond acceptors (Lipinski definition) is 4. The molecular formula is C19H32N2O5. The predicted octanol–water partition coefficient (Wildman–Crippen LogP) is 2.88. The minimum Gasteiger partial charge on any atom is -0.480 e. The Morgan fingerprint density at radius 3 is 2.38 bits per heavy atom. The molecular weight excluding hydrogens is 336 g/mol. The summed E-state index contributed by atoms with van der Waals surface area (Å²) in [7, 11) is 0. The summed E-state index contributed by atoms with van der Waals surface area (Å²) < 4.78 is 5.40. The van der Waals surface area contributed by atoms with Crippen LogP contribution in [-0.4, -0.2) is 64.2 Å². The second-order valence-corrected chi connectivity index (χ2v) is 8.39. The van der Waals surface area contributed by atoms with Crippen LogP contribution in [0.15, 0.2) is 0 Å². The zero-order chi connectivity index (χ0) is 19.3. The molecule has 2 rings (SSSR count). The van der Waals surface area contributed by atoms with E-state index in [0.717, 1.165) is 32.1 Å². The third-order valence-electron chi connectivity index (χ3n) is 5.14. The van der Waals surface area contributed by atoms with Crippen molar-refractivity contribution in [2.75, 3.05) is 19.6 Å². The van der Waals surface area contributed by atoms with Crippen LogP contribution >= 0.6 is 0 Å². The van der Waals surface area contributed by atoms with E-state index in [2.05, 4.69) is 0 Å². The molecule has 0 aromatic carbocycles. The highest BCUT2D eigenvalue weighted by atomic mass is 16.6.